The SMILES string of the molecule is C=CCC(C(=O)NC[C@H](C)OC(=O)[C@H](CC=C)Cc1ccccc1)C(=O)N[C@H](C)CO. The average Bonchev–Trinajstić information content (AvgIpc) is 2.75. The molecule has 0 spiro atoms. The molecule has 0 aliphatic carbocycles. The Morgan fingerprint density at radius 2 is 1.71 bits per heavy atom. The third-order valence-electron chi connectivity index (χ3n) is 4.69. The lowest BCUT2D eigenvalue weighted by Crippen LogP contribution is -2.46. The molecule has 0 aliphatic heterocycles. The van der Waals surface area contributed by atoms with Gasteiger partial charge in [-0.25, -0.2) is 0 Å². The maximum absolute atomic E-state index is 12.6. The van der Waals surface area contributed by atoms with Gasteiger partial charge in [-0.2, -0.15) is 0 Å². The molecule has 170 valence electrons. The molecule has 1 rings (SSSR count). The van der Waals surface area contributed by atoms with Crippen molar-refractivity contribution in [2.24, 2.45) is 11.8 Å². The Morgan fingerprint density at radius 1 is 1.06 bits per heavy atom. The molecule has 1 unspecified atom stereocenters. The zero-order chi connectivity index (χ0) is 23.2. The fourth-order valence-electron chi connectivity index (χ4n) is 2.96. The minimum absolute atomic E-state index is 0.0766. The summed E-state index contributed by atoms with van der Waals surface area (Å²) in [6, 6.07) is 9.20. The number of amides is 2. The van der Waals surface area contributed by atoms with Crippen LogP contribution in [0, 0.1) is 11.8 Å². The lowest BCUT2D eigenvalue weighted by Gasteiger charge is -2.21. The molecule has 1 aromatic carbocycles. The highest BCUT2D eigenvalue weighted by Crippen LogP contribution is 2.16. The third-order valence-corrected chi connectivity index (χ3v) is 4.69. The van der Waals surface area contributed by atoms with Gasteiger partial charge < -0.3 is 20.5 Å². The van der Waals surface area contributed by atoms with E-state index in [2.05, 4.69) is 23.8 Å². The van der Waals surface area contributed by atoms with Crippen molar-refractivity contribution >= 4 is 17.8 Å². The van der Waals surface area contributed by atoms with E-state index in [1.807, 2.05) is 30.3 Å². The second kappa shape index (κ2) is 14.1. The molecule has 2 amide bonds. The van der Waals surface area contributed by atoms with Gasteiger partial charge in [-0.15, -0.1) is 13.2 Å². The van der Waals surface area contributed by atoms with Crippen LogP contribution in [0.2, 0.25) is 0 Å². The van der Waals surface area contributed by atoms with E-state index in [1.165, 1.54) is 6.08 Å². The smallest absolute Gasteiger partial charge is 0.309 e. The minimum atomic E-state index is -0.971. The van der Waals surface area contributed by atoms with Gasteiger partial charge in [-0.05, 0) is 38.7 Å². The van der Waals surface area contributed by atoms with E-state index in [9.17, 15) is 14.4 Å². The van der Waals surface area contributed by atoms with Crippen LogP contribution in [0.3, 0.4) is 0 Å². The summed E-state index contributed by atoms with van der Waals surface area (Å²) in [5, 5.41) is 14.3. The Kier molecular flexibility index (Phi) is 11.9. The molecule has 3 N–H and O–H groups in total. The number of ether oxygens (including phenoxy) is 1. The molecule has 0 heterocycles. The maximum atomic E-state index is 12.6. The summed E-state index contributed by atoms with van der Waals surface area (Å²) in [7, 11) is 0. The first-order valence-electron chi connectivity index (χ1n) is 10.5. The molecular weight excluding hydrogens is 396 g/mol. The zero-order valence-corrected chi connectivity index (χ0v) is 18.4. The van der Waals surface area contributed by atoms with Crippen LogP contribution in [0.5, 0.6) is 0 Å². The fourth-order valence-corrected chi connectivity index (χ4v) is 2.96. The van der Waals surface area contributed by atoms with E-state index >= 15 is 0 Å². The van der Waals surface area contributed by atoms with Crippen LogP contribution in [0.15, 0.2) is 55.6 Å². The average molecular weight is 431 g/mol. The van der Waals surface area contributed by atoms with Gasteiger partial charge in [0.2, 0.25) is 11.8 Å². The van der Waals surface area contributed by atoms with E-state index in [4.69, 9.17) is 9.84 Å². The summed E-state index contributed by atoms with van der Waals surface area (Å²) in [4.78, 5) is 37.4. The van der Waals surface area contributed by atoms with Crippen molar-refractivity contribution in [3.8, 4) is 0 Å². The molecule has 0 bridgehead atoms. The summed E-state index contributed by atoms with van der Waals surface area (Å²) in [5.74, 6) is -2.67. The maximum Gasteiger partial charge on any atom is 0.309 e. The summed E-state index contributed by atoms with van der Waals surface area (Å²) in [6.07, 6.45) is 3.78. The number of aliphatic hydroxyl groups excluding tert-OH is 1. The number of hydrogen-bond acceptors (Lipinski definition) is 5. The summed E-state index contributed by atoms with van der Waals surface area (Å²) in [5.41, 5.74) is 1.03. The van der Waals surface area contributed by atoms with E-state index in [0.29, 0.717) is 12.8 Å². The number of nitrogens with one attached hydrogen (secondary N) is 2. The van der Waals surface area contributed by atoms with Crippen LogP contribution in [-0.2, 0) is 25.5 Å². The second-order valence-electron chi connectivity index (χ2n) is 7.57. The summed E-state index contributed by atoms with van der Waals surface area (Å²) < 4.78 is 5.51. The number of hydrogen-bond donors (Lipinski definition) is 3. The highest BCUT2D eigenvalue weighted by atomic mass is 16.5. The van der Waals surface area contributed by atoms with Crippen LogP contribution >= 0.6 is 0 Å². The normalized spacial score (nSPS) is 14.4. The lowest BCUT2D eigenvalue weighted by atomic mass is 9.96. The zero-order valence-electron chi connectivity index (χ0n) is 18.4. The van der Waals surface area contributed by atoms with Crippen LogP contribution in [0.25, 0.3) is 0 Å². The third kappa shape index (κ3) is 9.61. The molecule has 0 fully saturated rings. The van der Waals surface area contributed by atoms with Gasteiger partial charge in [0.25, 0.3) is 0 Å². The second-order valence-corrected chi connectivity index (χ2v) is 7.57. The van der Waals surface area contributed by atoms with Crippen molar-refractivity contribution in [2.45, 2.75) is 45.3 Å². The molecule has 0 saturated carbocycles. The molecule has 0 aliphatic rings. The first kappa shape index (κ1) is 26.1. The van der Waals surface area contributed by atoms with Gasteiger partial charge >= 0.3 is 5.97 Å². The molecule has 0 radical (unpaired) electrons. The van der Waals surface area contributed by atoms with Crippen molar-refractivity contribution in [3.05, 3.63) is 61.2 Å². The van der Waals surface area contributed by atoms with Gasteiger partial charge in [-0.3, -0.25) is 14.4 Å². The monoisotopic (exact) mass is 430 g/mol. The molecule has 31 heavy (non-hydrogen) atoms. The topological polar surface area (TPSA) is 105 Å². The Labute approximate surface area is 184 Å². The first-order chi connectivity index (χ1) is 14.8. The standard InChI is InChI=1S/C24H34N2O5/c1-5-10-20(14-19-12-8-7-9-13-19)24(30)31-18(4)15-25-22(28)21(11-6-2)23(29)26-17(3)16-27/h5-9,12-13,17-18,20-21,27H,1-2,10-11,14-16H2,3-4H3,(H,25,28)(H,26,29)/t17-,18+,20-,21?/m1/s1. The lowest BCUT2D eigenvalue weighted by molar-refractivity contribution is -0.153. The highest BCUT2D eigenvalue weighted by molar-refractivity contribution is 6.00. The van der Waals surface area contributed by atoms with Crippen LogP contribution in [0.4, 0.5) is 0 Å². The number of allylic oxidation sites excluding steroid dienone is 2. The van der Waals surface area contributed by atoms with Crippen molar-refractivity contribution < 1.29 is 24.2 Å². The molecule has 0 aromatic heterocycles. The van der Waals surface area contributed by atoms with Gasteiger partial charge in [0.15, 0.2) is 0 Å². The van der Waals surface area contributed by atoms with E-state index < -0.39 is 29.9 Å². The minimum Gasteiger partial charge on any atom is -0.461 e. The molecule has 7 heteroatoms. The van der Waals surface area contributed by atoms with Gasteiger partial charge in [0.05, 0.1) is 19.1 Å². The number of esters is 1. The number of carbonyl (C=O) groups is 3. The molecule has 4 atom stereocenters. The van der Waals surface area contributed by atoms with Gasteiger partial charge in [-0.1, -0.05) is 42.5 Å². The summed E-state index contributed by atoms with van der Waals surface area (Å²) >= 11 is 0. The number of carbonyl (C=O) groups excluding carboxylic acids is 3. The van der Waals surface area contributed by atoms with Gasteiger partial charge in [0.1, 0.15) is 12.0 Å². The quantitative estimate of drug-likeness (QED) is 0.238. The molecule has 1 aromatic rings. The number of aliphatic hydroxyl groups is 1. The van der Waals surface area contributed by atoms with E-state index in [-0.39, 0.29) is 31.5 Å². The number of benzene rings is 1. The van der Waals surface area contributed by atoms with Crippen molar-refractivity contribution in [1.82, 2.24) is 10.6 Å². The van der Waals surface area contributed by atoms with Crippen LogP contribution in [-0.4, -0.2) is 48.2 Å². The Balaban J connectivity index is 2.61. The van der Waals surface area contributed by atoms with Crippen LogP contribution < -0.4 is 10.6 Å². The van der Waals surface area contributed by atoms with Crippen molar-refractivity contribution in [2.75, 3.05) is 13.2 Å². The largest absolute Gasteiger partial charge is 0.461 e. The molecule has 0 saturated heterocycles. The van der Waals surface area contributed by atoms with Crippen molar-refractivity contribution in [1.29, 1.82) is 0 Å². The van der Waals surface area contributed by atoms with Crippen LogP contribution in [0.1, 0.15) is 32.3 Å². The summed E-state index contributed by atoms with van der Waals surface area (Å²) in [6.45, 7) is 10.5. The molecule has 7 nitrogen and oxygen atoms in total. The Bertz CT molecular complexity index is 735. The molecular formula is C24H34N2O5. The number of rotatable bonds is 14. The Morgan fingerprint density at radius 3 is 2.29 bits per heavy atom. The van der Waals surface area contributed by atoms with E-state index in [1.54, 1.807) is 19.9 Å². The predicted octanol–water partition coefficient (Wildman–Crippen LogP) is 2.16. The highest BCUT2D eigenvalue weighted by Gasteiger charge is 2.27. The predicted molar refractivity (Wildman–Crippen MR) is 120 cm³/mol. The fraction of sp³-hybridized carbons (Fsp3) is 0.458. The Hall–Kier alpha value is -2.93. The first-order valence-corrected chi connectivity index (χ1v) is 10.5. The van der Waals surface area contributed by atoms with Gasteiger partial charge in [0, 0.05) is 6.04 Å². The van der Waals surface area contributed by atoms with Crippen molar-refractivity contribution in [3.63, 3.8) is 0 Å². The van der Waals surface area contributed by atoms with E-state index in [0.717, 1.165) is 5.56 Å².